The third kappa shape index (κ3) is 3.23. The minimum Gasteiger partial charge on any atom is -0.490 e. The number of nitro groups is 1. The van der Waals surface area contributed by atoms with Crippen LogP contribution >= 0.6 is 0 Å². The molecule has 1 aromatic carbocycles. The Morgan fingerprint density at radius 2 is 2.20 bits per heavy atom. The number of hydrogen-bond acceptors (Lipinski definition) is 5. The predicted molar refractivity (Wildman–Crippen MR) is 76.1 cm³/mol. The van der Waals surface area contributed by atoms with Crippen LogP contribution in [0.2, 0.25) is 0 Å². The zero-order valence-electron chi connectivity index (χ0n) is 11.1. The van der Waals surface area contributed by atoms with Gasteiger partial charge < -0.3 is 10.1 Å². The average Bonchev–Trinajstić information content (AvgIpc) is 2.47. The summed E-state index contributed by atoms with van der Waals surface area (Å²) >= 11 is 0. The van der Waals surface area contributed by atoms with E-state index in [4.69, 9.17) is 4.74 Å². The number of rotatable bonds is 6. The Morgan fingerprint density at radius 1 is 1.35 bits per heavy atom. The van der Waals surface area contributed by atoms with E-state index < -0.39 is 4.92 Å². The molecule has 0 aliphatic carbocycles. The maximum atomic E-state index is 11.1. The van der Waals surface area contributed by atoms with Gasteiger partial charge in [-0.1, -0.05) is 12.1 Å². The standard InChI is InChI=1S/C14H15N3O3/c1-20-13-6-2-5-12(14(13)17(18)19)16-9-7-11-4-3-8-15-10-11/h2-6,8,10,16H,7,9H2,1H3. The van der Waals surface area contributed by atoms with E-state index in [0.29, 0.717) is 12.2 Å². The summed E-state index contributed by atoms with van der Waals surface area (Å²) in [6.45, 7) is 0.583. The normalized spacial score (nSPS) is 10.1. The molecule has 0 saturated carbocycles. The average molecular weight is 273 g/mol. The van der Waals surface area contributed by atoms with E-state index in [1.54, 1.807) is 30.6 Å². The van der Waals surface area contributed by atoms with Crippen molar-refractivity contribution in [1.29, 1.82) is 0 Å². The maximum Gasteiger partial charge on any atom is 0.333 e. The highest BCUT2D eigenvalue weighted by Crippen LogP contribution is 2.34. The van der Waals surface area contributed by atoms with Gasteiger partial charge >= 0.3 is 5.69 Å². The Labute approximate surface area is 116 Å². The Bertz CT molecular complexity index is 587. The van der Waals surface area contributed by atoms with Crippen molar-refractivity contribution in [3.8, 4) is 5.75 Å². The monoisotopic (exact) mass is 273 g/mol. The number of para-hydroxylation sites is 1. The molecular weight excluding hydrogens is 258 g/mol. The number of nitro benzene ring substituents is 1. The molecular formula is C14H15N3O3. The first-order chi connectivity index (χ1) is 9.72. The van der Waals surface area contributed by atoms with Crippen molar-refractivity contribution in [2.45, 2.75) is 6.42 Å². The highest BCUT2D eigenvalue weighted by atomic mass is 16.6. The third-order valence-electron chi connectivity index (χ3n) is 2.85. The number of ether oxygens (including phenoxy) is 1. The molecule has 1 heterocycles. The van der Waals surface area contributed by atoms with Crippen LogP contribution in [-0.4, -0.2) is 23.6 Å². The highest BCUT2D eigenvalue weighted by Gasteiger charge is 2.19. The van der Waals surface area contributed by atoms with Crippen molar-refractivity contribution in [1.82, 2.24) is 4.98 Å². The first-order valence-electron chi connectivity index (χ1n) is 6.16. The van der Waals surface area contributed by atoms with Crippen molar-refractivity contribution in [3.05, 3.63) is 58.4 Å². The molecule has 0 bridgehead atoms. The van der Waals surface area contributed by atoms with E-state index in [2.05, 4.69) is 10.3 Å². The van der Waals surface area contributed by atoms with Gasteiger partial charge in [-0.15, -0.1) is 0 Å². The number of aromatic nitrogens is 1. The van der Waals surface area contributed by atoms with Crippen LogP contribution in [0.5, 0.6) is 5.75 Å². The molecule has 20 heavy (non-hydrogen) atoms. The molecule has 1 aromatic heterocycles. The van der Waals surface area contributed by atoms with Gasteiger partial charge in [-0.05, 0) is 30.2 Å². The summed E-state index contributed by atoms with van der Waals surface area (Å²) in [4.78, 5) is 14.7. The molecule has 6 heteroatoms. The van der Waals surface area contributed by atoms with Crippen molar-refractivity contribution in [3.63, 3.8) is 0 Å². The van der Waals surface area contributed by atoms with Gasteiger partial charge in [0, 0.05) is 18.9 Å². The van der Waals surface area contributed by atoms with Crippen LogP contribution in [0, 0.1) is 10.1 Å². The second-order valence-corrected chi connectivity index (χ2v) is 4.15. The number of benzene rings is 1. The second-order valence-electron chi connectivity index (χ2n) is 4.15. The van der Waals surface area contributed by atoms with E-state index in [1.165, 1.54) is 7.11 Å². The van der Waals surface area contributed by atoms with Gasteiger partial charge in [0.15, 0.2) is 5.75 Å². The number of nitrogens with one attached hydrogen (secondary N) is 1. The molecule has 0 amide bonds. The molecule has 104 valence electrons. The fraction of sp³-hybridized carbons (Fsp3) is 0.214. The molecule has 0 radical (unpaired) electrons. The summed E-state index contributed by atoms with van der Waals surface area (Å²) in [5.74, 6) is 0.251. The van der Waals surface area contributed by atoms with Crippen molar-refractivity contribution >= 4 is 11.4 Å². The molecule has 0 aliphatic rings. The van der Waals surface area contributed by atoms with Crippen LogP contribution in [0.4, 0.5) is 11.4 Å². The van der Waals surface area contributed by atoms with Crippen LogP contribution in [0.15, 0.2) is 42.7 Å². The lowest BCUT2D eigenvalue weighted by atomic mass is 10.2. The summed E-state index contributed by atoms with van der Waals surface area (Å²) in [5.41, 5.74) is 1.49. The summed E-state index contributed by atoms with van der Waals surface area (Å²) in [6.07, 6.45) is 4.23. The summed E-state index contributed by atoms with van der Waals surface area (Å²) in [5, 5.41) is 14.2. The van der Waals surface area contributed by atoms with Gasteiger partial charge in [0.1, 0.15) is 5.69 Å². The zero-order valence-corrected chi connectivity index (χ0v) is 11.1. The largest absolute Gasteiger partial charge is 0.490 e. The summed E-state index contributed by atoms with van der Waals surface area (Å²) < 4.78 is 5.02. The highest BCUT2D eigenvalue weighted by molar-refractivity contribution is 5.68. The van der Waals surface area contributed by atoms with E-state index in [1.807, 2.05) is 12.1 Å². The van der Waals surface area contributed by atoms with E-state index >= 15 is 0 Å². The lowest BCUT2D eigenvalue weighted by Crippen LogP contribution is -2.07. The van der Waals surface area contributed by atoms with Crippen molar-refractivity contribution in [2.75, 3.05) is 19.0 Å². The fourth-order valence-electron chi connectivity index (χ4n) is 1.91. The van der Waals surface area contributed by atoms with Gasteiger partial charge in [-0.3, -0.25) is 15.1 Å². The quantitative estimate of drug-likeness (QED) is 0.646. The van der Waals surface area contributed by atoms with E-state index in [0.717, 1.165) is 12.0 Å². The van der Waals surface area contributed by atoms with Crippen LogP contribution in [-0.2, 0) is 6.42 Å². The zero-order chi connectivity index (χ0) is 14.4. The van der Waals surface area contributed by atoms with Gasteiger partial charge in [-0.2, -0.15) is 0 Å². The molecule has 1 N–H and O–H groups in total. The third-order valence-corrected chi connectivity index (χ3v) is 2.85. The SMILES string of the molecule is COc1cccc(NCCc2cccnc2)c1[N+](=O)[O-]. The smallest absolute Gasteiger partial charge is 0.333 e. The maximum absolute atomic E-state index is 11.1. The number of hydrogen-bond donors (Lipinski definition) is 1. The Kier molecular flexibility index (Phi) is 4.49. The fourth-order valence-corrected chi connectivity index (χ4v) is 1.91. The molecule has 6 nitrogen and oxygen atoms in total. The molecule has 2 aromatic rings. The van der Waals surface area contributed by atoms with Crippen molar-refractivity contribution < 1.29 is 9.66 Å². The van der Waals surface area contributed by atoms with Crippen LogP contribution < -0.4 is 10.1 Å². The number of pyridine rings is 1. The van der Waals surface area contributed by atoms with Gasteiger partial charge in [0.25, 0.3) is 0 Å². The number of methoxy groups -OCH3 is 1. The second kappa shape index (κ2) is 6.51. The number of anilines is 1. The Hall–Kier alpha value is -2.63. The molecule has 0 spiro atoms. The lowest BCUT2D eigenvalue weighted by Gasteiger charge is -2.09. The van der Waals surface area contributed by atoms with E-state index in [-0.39, 0.29) is 11.4 Å². The molecule has 0 aliphatic heterocycles. The minimum absolute atomic E-state index is 0.0406. The molecule has 2 rings (SSSR count). The van der Waals surface area contributed by atoms with Gasteiger partial charge in [0.2, 0.25) is 0 Å². The molecule has 0 saturated heterocycles. The van der Waals surface area contributed by atoms with Crippen LogP contribution in [0.25, 0.3) is 0 Å². The van der Waals surface area contributed by atoms with Crippen LogP contribution in [0.3, 0.4) is 0 Å². The van der Waals surface area contributed by atoms with Gasteiger partial charge in [-0.25, -0.2) is 0 Å². The predicted octanol–water partition coefficient (Wildman–Crippen LogP) is 2.65. The number of nitrogens with zero attached hydrogens (tertiary/aromatic N) is 2. The Balaban J connectivity index is 2.08. The first kappa shape index (κ1) is 13.8. The molecule has 0 fully saturated rings. The van der Waals surface area contributed by atoms with Crippen molar-refractivity contribution in [2.24, 2.45) is 0 Å². The molecule has 0 unspecified atom stereocenters. The van der Waals surface area contributed by atoms with Crippen LogP contribution in [0.1, 0.15) is 5.56 Å². The van der Waals surface area contributed by atoms with Gasteiger partial charge in [0.05, 0.1) is 12.0 Å². The Morgan fingerprint density at radius 3 is 2.85 bits per heavy atom. The summed E-state index contributed by atoms with van der Waals surface area (Å²) in [7, 11) is 1.42. The first-order valence-corrected chi connectivity index (χ1v) is 6.16. The summed E-state index contributed by atoms with van der Waals surface area (Å²) in [6, 6.07) is 8.80. The lowest BCUT2D eigenvalue weighted by molar-refractivity contribution is -0.384. The van der Waals surface area contributed by atoms with E-state index in [9.17, 15) is 10.1 Å². The molecule has 0 atom stereocenters. The topological polar surface area (TPSA) is 77.3 Å². The minimum atomic E-state index is -0.439.